The van der Waals surface area contributed by atoms with E-state index < -0.39 is 0 Å². The molecule has 3 N–H and O–H groups in total. The molecule has 32 heavy (non-hydrogen) atoms. The van der Waals surface area contributed by atoms with Crippen molar-refractivity contribution in [2.75, 3.05) is 17.4 Å². The molecule has 0 unspecified atom stereocenters. The Labute approximate surface area is 190 Å². The smallest absolute Gasteiger partial charge is 0.353 e. The Bertz CT molecular complexity index is 1090. The van der Waals surface area contributed by atoms with Gasteiger partial charge in [0, 0.05) is 0 Å². The molecule has 5 nitrogen and oxygen atoms in total. The van der Waals surface area contributed by atoms with Gasteiger partial charge in [0.05, 0.1) is 6.54 Å². The zero-order valence-electron chi connectivity index (χ0n) is 19.8. The number of benzene rings is 3. The van der Waals surface area contributed by atoms with Gasteiger partial charge >= 0.3 is 5.96 Å². The molecular weight excluding hydrogens is 398 g/mol. The SMILES string of the molecule is Cc1cc(C)c(NC(Nc2c(C)cc(C)cc2C)=[NH+]Cc2ccc3c(c2)OCO3)c(C)c1. The normalized spacial score (nSPS) is 11.9. The first-order chi connectivity index (χ1) is 15.3. The third-order valence-corrected chi connectivity index (χ3v) is 5.76. The molecule has 0 amide bonds. The first kappa shape index (κ1) is 21.8. The Hall–Kier alpha value is -3.47. The second-order valence-corrected chi connectivity index (χ2v) is 8.71. The number of guanidine groups is 1. The molecule has 3 aromatic carbocycles. The van der Waals surface area contributed by atoms with Crippen molar-refractivity contribution in [3.05, 3.63) is 81.4 Å². The number of ether oxygens (including phenoxy) is 2. The average molecular weight is 431 g/mol. The van der Waals surface area contributed by atoms with Gasteiger partial charge in [-0.15, -0.1) is 0 Å². The molecule has 0 spiro atoms. The first-order valence-corrected chi connectivity index (χ1v) is 11.0. The van der Waals surface area contributed by atoms with Gasteiger partial charge in [0.2, 0.25) is 6.79 Å². The molecule has 1 aliphatic rings. The van der Waals surface area contributed by atoms with Gasteiger partial charge in [-0.1, -0.05) is 41.5 Å². The summed E-state index contributed by atoms with van der Waals surface area (Å²) in [5, 5.41) is 7.24. The Morgan fingerprint density at radius 1 is 0.719 bits per heavy atom. The minimum atomic E-state index is 0.282. The lowest BCUT2D eigenvalue weighted by atomic mass is 10.0. The molecule has 0 fully saturated rings. The van der Waals surface area contributed by atoms with Crippen LogP contribution in [0.2, 0.25) is 0 Å². The van der Waals surface area contributed by atoms with Gasteiger partial charge in [-0.25, -0.2) is 10.6 Å². The Balaban J connectivity index is 1.67. The highest BCUT2D eigenvalue weighted by Crippen LogP contribution is 2.32. The van der Waals surface area contributed by atoms with E-state index in [9.17, 15) is 0 Å². The summed E-state index contributed by atoms with van der Waals surface area (Å²) in [6.45, 7) is 13.7. The highest BCUT2D eigenvalue weighted by molar-refractivity contribution is 6.01. The van der Waals surface area contributed by atoms with Gasteiger partial charge in [0.15, 0.2) is 11.5 Å². The number of hydrogen-bond acceptors (Lipinski definition) is 2. The van der Waals surface area contributed by atoms with Crippen molar-refractivity contribution in [3.8, 4) is 11.5 Å². The van der Waals surface area contributed by atoms with Crippen molar-refractivity contribution in [1.82, 2.24) is 0 Å². The van der Waals surface area contributed by atoms with Crippen LogP contribution in [0.15, 0.2) is 42.5 Å². The highest BCUT2D eigenvalue weighted by atomic mass is 16.7. The number of anilines is 2. The maximum atomic E-state index is 5.53. The largest absolute Gasteiger partial charge is 0.454 e. The summed E-state index contributed by atoms with van der Waals surface area (Å²) in [6, 6.07) is 14.9. The van der Waals surface area contributed by atoms with Crippen LogP contribution in [0.4, 0.5) is 11.4 Å². The molecular formula is C27H32N3O2+. The van der Waals surface area contributed by atoms with Gasteiger partial charge < -0.3 is 9.47 Å². The Morgan fingerprint density at radius 3 is 1.75 bits per heavy atom. The summed E-state index contributed by atoms with van der Waals surface area (Å²) in [7, 11) is 0. The van der Waals surface area contributed by atoms with E-state index >= 15 is 0 Å². The predicted octanol–water partition coefficient (Wildman–Crippen LogP) is 4.43. The fraction of sp³-hybridized carbons (Fsp3) is 0.296. The van der Waals surface area contributed by atoms with Crippen LogP contribution in [0.1, 0.15) is 38.9 Å². The number of fused-ring (bicyclic) bond motifs is 1. The van der Waals surface area contributed by atoms with Crippen LogP contribution < -0.4 is 25.1 Å². The van der Waals surface area contributed by atoms with Crippen molar-refractivity contribution in [1.29, 1.82) is 0 Å². The van der Waals surface area contributed by atoms with Crippen LogP contribution in [0.3, 0.4) is 0 Å². The minimum absolute atomic E-state index is 0.282. The predicted molar refractivity (Wildman–Crippen MR) is 131 cm³/mol. The molecule has 0 atom stereocenters. The standard InChI is InChI=1S/C27H31N3O2/c1-16-9-18(3)25(19(4)10-16)29-27(30-26-20(5)11-17(2)12-21(26)6)28-14-22-7-8-23-24(13-22)32-15-31-23/h7-13H,14-15H2,1-6H3,(H2,28,29,30)/p+1. The summed E-state index contributed by atoms with van der Waals surface area (Å²) in [5.74, 6) is 2.43. The number of hydrogen-bond donors (Lipinski definition) is 3. The zero-order chi connectivity index (χ0) is 22.8. The molecule has 4 rings (SSSR count). The summed E-state index contributed by atoms with van der Waals surface area (Å²) in [4.78, 5) is 3.56. The topological polar surface area (TPSA) is 56.5 Å². The van der Waals surface area contributed by atoms with Gasteiger partial charge in [0.25, 0.3) is 0 Å². The summed E-state index contributed by atoms with van der Waals surface area (Å²) in [6.07, 6.45) is 0. The van der Waals surface area contributed by atoms with E-state index in [1.54, 1.807) is 0 Å². The van der Waals surface area contributed by atoms with E-state index in [0.29, 0.717) is 6.54 Å². The van der Waals surface area contributed by atoms with Crippen LogP contribution in [-0.4, -0.2) is 12.8 Å². The van der Waals surface area contributed by atoms with Gasteiger partial charge in [-0.05, 0) is 81.5 Å². The van der Waals surface area contributed by atoms with E-state index in [2.05, 4.69) is 87.5 Å². The molecule has 5 heteroatoms. The lowest BCUT2D eigenvalue weighted by Crippen LogP contribution is -2.75. The molecule has 166 valence electrons. The van der Waals surface area contributed by atoms with Gasteiger partial charge in [-0.2, -0.15) is 0 Å². The number of rotatable bonds is 4. The summed E-state index contributed by atoms with van der Waals surface area (Å²) < 4.78 is 11.0. The number of aryl methyl sites for hydroxylation is 6. The third-order valence-electron chi connectivity index (χ3n) is 5.76. The molecule has 1 aliphatic heterocycles. The summed E-state index contributed by atoms with van der Waals surface area (Å²) in [5.41, 5.74) is 10.7. The fourth-order valence-corrected chi connectivity index (χ4v) is 4.37. The lowest BCUT2D eigenvalue weighted by Gasteiger charge is -2.14. The van der Waals surface area contributed by atoms with E-state index in [-0.39, 0.29) is 6.79 Å². The molecule has 0 aromatic heterocycles. The van der Waals surface area contributed by atoms with E-state index in [0.717, 1.165) is 34.4 Å². The minimum Gasteiger partial charge on any atom is -0.454 e. The molecule has 0 aliphatic carbocycles. The van der Waals surface area contributed by atoms with E-state index in [4.69, 9.17) is 9.47 Å². The quantitative estimate of drug-likeness (QED) is 0.424. The molecule has 0 saturated carbocycles. The Morgan fingerprint density at radius 2 is 1.22 bits per heavy atom. The Kier molecular flexibility index (Phi) is 6.08. The van der Waals surface area contributed by atoms with Crippen LogP contribution in [-0.2, 0) is 6.54 Å². The highest BCUT2D eigenvalue weighted by Gasteiger charge is 2.17. The lowest BCUT2D eigenvalue weighted by molar-refractivity contribution is -0.475. The van der Waals surface area contributed by atoms with Crippen molar-refractivity contribution in [2.24, 2.45) is 0 Å². The van der Waals surface area contributed by atoms with Gasteiger partial charge in [-0.3, -0.25) is 4.99 Å². The monoisotopic (exact) mass is 430 g/mol. The summed E-state index contributed by atoms with van der Waals surface area (Å²) >= 11 is 0. The maximum absolute atomic E-state index is 5.53. The van der Waals surface area contributed by atoms with Crippen LogP contribution in [0, 0.1) is 41.5 Å². The van der Waals surface area contributed by atoms with Gasteiger partial charge in [0.1, 0.15) is 11.4 Å². The second-order valence-electron chi connectivity index (χ2n) is 8.71. The van der Waals surface area contributed by atoms with Crippen LogP contribution in [0.25, 0.3) is 0 Å². The van der Waals surface area contributed by atoms with Crippen molar-refractivity contribution in [3.63, 3.8) is 0 Å². The third kappa shape index (κ3) is 4.72. The van der Waals surface area contributed by atoms with Crippen molar-refractivity contribution in [2.45, 2.75) is 48.1 Å². The van der Waals surface area contributed by atoms with Crippen molar-refractivity contribution < 1.29 is 14.5 Å². The molecule has 0 radical (unpaired) electrons. The van der Waals surface area contributed by atoms with Crippen molar-refractivity contribution >= 4 is 17.3 Å². The van der Waals surface area contributed by atoms with Crippen LogP contribution in [0.5, 0.6) is 11.5 Å². The average Bonchev–Trinajstić information content (AvgIpc) is 3.18. The molecule has 0 bridgehead atoms. The van der Waals surface area contributed by atoms with E-state index in [1.165, 1.54) is 33.4 Å². The van der Waals surface area contributed by atoms with E-state index in [1.807, 2.05) is 12.1 Å². The number of nitrogens with one attached hydrogen (secondary N) is 3. The molecule has 1 heterocycles. The van der Waals surface area contributed by atoms with Crippen LogP contribution >= 0.6 is 0 Å². The first-order valence-electron chi connectivity index (χ1n) is 11.0. The second kappa shape index (κ2) is 8.95. The maximum Gasteiger partial charge on any atom is 0.353 e. The fourth-order valence-electron chi connectivity index (χ4n) is 4.37. The molecule has 0 saturated heterocycles. The molecule has 3 aromatic rings. The zero-order valence-corrected chi connectivity index (χ0v) is 19.8.